The molecule has 0 saturated carbocycles. The van der Waals surface area contributed by atoms with Gasteiger partial charge in [0.2, 0.25) is 0 Å². The number of rotatable bonds is 5. The fourth-order valence-corrected chi connectivity index (χ4v) is 4.90. The first kappa shape index (κ1) is 17.3. The first-order valence-corrected chi connectivity index (χ1v) is 9.52. The predicted octanol–water partition coefficient (Wildman–Crippen LogP) is 0.826. The monoisotopic (exact) mass is 354 g/mol. The van der Waals surface area contributed by atoms with Crippen molar-refractivity contribution in [3.8, 4) is 0 Å². The third kappa shape index (κ3) is 3.77. The van der Waals surface area contributed by atoms with E-state index in [0.29, 0.717) is 39.4 Å². The molecule has 0 bridgehead atoms. The Morgan fingerprint density at radius 1 is 1.12 bits per heavy atom. The average molecular weight is 354 g/mol. The summed E-state index contributed by atoms with van der Waals surface area (Å²) < 4.78 is 33.6. The highest BCUT2D eigenvalue weighted by Gasteiger charge is 2.36. The van der Waals surface area contributed by atoms with Gasteiger partial charge in [-0.15, -0.1) is 0 Å². The van der Waals surface area contributed by atoms with Crippen LogP contribution in [-0.2, 0) is 21.4 Å². The number of carbonyl (C=O) groups is 1. The van der Waals surface area contributed by atoms with E-state index in [2.05, 4.69) is 0 Å². The molecule has 7 nitrogen and oxygen atoms in total. The summed E-state index contributed by atoms with van der Waals surface area (Å²) in [5, 5.41) is 8.92. The number of nitrogens with zero attached hydrogens (tertiary/aromatic N) is 2. The van der Waals surface area contributed by atoms with Crippen LogP contribution >= 0.6 is 0 Å². The SMILES string of the molecule is O=C(O)c1ccc(C[C@H]2CCN(S(=O)(=O)N3CCOCC3)C2)cc1. The number of morpholine rings is 1. The van der Waals surface area contributed by atoms with E-state index in [0.717, 1.165) is 18.4 Å². The molecule has 1 N–H and O–H groups in total. The minimum Gasteiger partial charge on any atom is -0.478 e. The van der Waals surface area contributed by atoms with E-state index in [1.165, 1.54) is 4.31 Å². The lowest BCUT2D eigenvalue weighted by atomic mass is 9.98. The number of ether oxygens (including phenoxy) is 1. The largest absolute Gasteiger partial charge is 0.478 e. The van der Waals surface area contributed by atoms with E-state index in [1.807, 2.05) is 12.1 Å². The van der Waals surface area contributed by atoms with E-state index < -0.39 is 16.2 Å². The Morgan fingerprint density at radius 3 is 2.42 bits per heavy atom. The topological polar surface area (TPSA) is 87.2 Å². The van der Waals surface area contributed by atoms with Gasteiger partial charge in [0.15, 0.2) is 0 Å². The molecule has 3 rings (SSSR count). The van der Waals surface area contributed by atoms with E-state index in [9.17, 15) is 13.2 Å². The van der Waals surface area contributed by atoms with Crippen LogP contribution in [-0.4, -0.2) is 67.5 Å². The van der Waals surface area contributed by atoms with Crippen molar-refractivity contribution in [3.05, 3.63) is 35.4 Å². The van der Waals surface area contributed by atoms with Crippen LogP contribution in [0.25, 0.3) is 0 Å². The molecule has 132 valence electrons. The maximum Gasteiger partial charge on any atom is 0.335 e. The molecule has 1 atom stereocenters. The quantitative estimate of drug-likeness (QED) is 0.846. The molecule has 2 heterocycles. The summed E-state index contributed by atoms with van der Waals surface area (Å²) in [4.78, 5) is 10.9. The maximum absolute atomic E-state index is 12.6. The molecule has 8 heteroatoms. The molecular formula is C16H22N2O5S. The Hall–Kier alpha value is -1.48. The molecule has 0 unspecified atom stereocenters. The highest BCUT2D eigenvalue weighted by atomic mass is 32.2. The minimum atomic E-state index is -3.40. The second kappa shape index (κ2) is 7.18. The van der Waals surface area contributed by atoms with Crippen molar-refractivity contribution in [2.75, 3.05) is 39.4 Å². The fourth-order valence-electron chi connectivity index (χ4n) is 3.23. The van der Waals surface area contributed by atoms with Crippen LogP contribution in [0.1, 0.15) is 22.3 Å². The smallest absolute Gasteiger partial charge is 0.335 e. The van der Waals surface area contributed by atoms with E-state index in [1.54, 1.807) is 16.4 Å². The van der Waals surface area contributed by atoms with Crippen LogP contribution in [0.15, 0.2) is 24.3 Å². The maximum atomic E-state index is 12.6. The lowest BCUT2D eigenvalue weighted by Crippen LogP contribution is -2.47. The van der Waals surface area contributed by atoms with Gasteiger partial charge in [-0.25, -0.2) is 4.79 Å². The minimum absolute atomic E-state index is 0.261. The molecule has 2 fully saturated rings. The van der Waals surface area contributed by atoms with Crippen LogP contribution in [0.4, 0.5) is 0 Å². The lowest BCUT2D eigenvalue weighted by Gasteiger charge is -2.30. The van der Waals surface area contributed by atoms with Gasteiger partial charge in [0.05, 0.1) is 18.8 Å². The predicted molar refractivity (Wildman–Crippen MR) is 88.1 cm³/mol. The average Bonchev–Trinajstić information content (AvgIpc) is 3.05. The number of aromatic carboxylic acids is 1. The summed E-state index contributed by atoms with van der Waals surface area (Å²) in [5.41, 5.74) is 1.30. The molecule has 0 spiro atoms. The van der Waals surface area contributed by atoms with Crippen molar-refractivity contribution in [3.63, 3.8) is 0 Å². The van der Waals surface area contributed by atoms with Gasteiger partial charge in [-0.3, -0.25) is 0 Å². The second-order valence-corrected chi connectivity index (χ2v) is 8.17. The standard InChI is InChI=1S/C16H22N2O5S/c19-16(20)15-3-1-13(2-4-15)11-14-5-6-18(12-14)24(21,22)17-7-9-23-10-8-17/h1-4,14H,5-12H2,(H,19,20)/t14-/m1/s1. The van der Waals surface area contributed by atoms with Crippen LogP contribution in [0.2, 0.25) is 0 Å². The van der Waals surface area contributed by atoms with Gasteiger partial charge in [-0.1, -0.05) is 12.1 Å². The summed E-state index contributed by atoms with van der Waals surface area (Å²) in [6, 6.07) is 6.80. The van der Waals surface area contributed by atoms with Crippen molar-refractivity contribution in [1.82, 2.24) is 8.61 Å². The Bertz CT molecular complexity index is 683. The van der Waals surface area contributed by atoms with Gasteiger partial charge in [-0.2, -0.15) is 17.0 Å². The van der Waals surface area contributed by atoms with Gasteiger partial charge in [0.25, 0.3) is 10.2 Å². The third-order valence-corrected chi connectivity index (χ3v) is 6.60. The highest BCUT2D eigenvalue weighted by Crippen LogP contribution is 2.25. The molecule has 0 aromatic heterocycles. The zero-order chi connectivity index (χ0) is 17.2. The summed E-state index contributed by atoms with van der Waals surface area (Å²) in [7, 11) is -3.40. The van der Waals surface area contributed by atoms with Crippen LogP contribution < -0.4 is 0 Å². The summed E-state index contributed by atoms with van der Waals surface area (Å²) >= 11 is 0. The summed E-state index contributed by atoms with van der Waals surface area (Å²) in [5.74, 6) is -0.679. The molecule has 2 aliphatic rings. The first-order chi connectivity index (χ1) is 11.5. The summed E-state index contributed by atoms with van der Waals surface area (Å²) in [6.07, 6.45) is 1.58. The molecule has 2 saturated heterocycles. The molecular weight excluding hydrogens is 332 g/mol. The first-order valence-electron chi connectivity index (χ1n) is 8.12. The fraction of sp³-hybridized carbons (Fsp3) is 0.562. The molecule has 0 radical (unpaired) electrons. The molecule has 2 aliphatic heterocycles. The number of carboxylic acids is 1. The number of benzene rings is 1. The van der Waals surface area contributed by atoms with Crippen molar-refractivity contribution < 1.29 is 23.1 Å². The van der Waals surface area contributed by atoms with Gasteiger partial charge < -0.3 is 9.84 Å². The number of hydrogen-bond donors (Lipinski definition) is 1. The molecule has 0 amide bonds. The van der Waals surface area contributed by atoms with Crippen LogP contribution in [0.3, 0.4) is 0 Å². The molecule has 1 aromatic carbocycles. The number of carboxylic acid groups (broad SMARTS) is 1. The van der Waals surface area contributed by atoms with E-state index in [4.69, 9.17) is 9.84 Å². The zero-order valence-corrected chi connectivity index (χ0v) is 14.2. The van der Waals surface area contributed by atoms with Gasteiger partial charge in [0.1, 0.15) is 0 Å². The summed E-state index contributed by atoms with van der Waals surface area (Å²) in [6.45, 7) is 2.79. The molecule has 0 aliphatic carbocycles. The molecule has 1 aromatic rings. The van der Waals surface area contributed by atoms with Gasteiger partial charge >= 0.3 is 5.97 Å². The van der Waals surface area contributed by atoms with E-state index >= 15 is 0 Å². The van der Waals surface area contributed by atoms with Crippen molar-refractivity contribution in [1.29, 1.82) is 0 Å². The zero-order valence-electron chi connectivity index (χ0n) is 13.4. The normalized spacial score (nSPS) is 23.4. The van der Waals surface area contributed by atoms with Crippen molar-refractivity contribution in [2.24, 2.45) is 5.92 Å². The Morgan fingerprint density at radius 2 is 1.79 bits per heavy atom. The lowest BCUT2D eigenvalue weighted by molar-refractivity contribution is 0.0697. The van der Waals surface area contributed by atoms with Crippen LogP contribution in [0, 0.1) is 5.92 Å². The van der Waals surface area contributed by atoms with Gasteiger partial charge in [-0.05, 0) is 36.5 Å². The third-order valence-electron chi connectivity index (χ3n) is 4.60. The van der Waals surface area contributed by atoms with E-state index in [-0.39, 0.29) is 11.5 Å². The molecule has 24 heavy (non-hydrogen) atoms. The Labute approximate surface area is 142 Å². The highest BCUT2D eigenvalue weighted by molar-refractivity contribution is 7.86. The van der Waals surface area contributed by atoms with Gasteiger partial charge in [0, 0.05) is 26.2 Å². The Balaban J connectivity index is 1.59. The van der Waals surface area contributed by atoms with Crippen molar-refractivity contribution >= 4 is 16.2 Å². The number of hydrogen-bond acceptors (Lipinski definition) is 4. The second-order valence-electron chi connectivity index (χ2n) is 6.24. The van der Waals surface area contributed by atoms with Crippen LogP contribution in [0.5, 0.6) is 0 Å². The Kier molecular flexibility index (Phi) is 5.19. The van der Waals surface area contributed by atoms with Crippen molar-refractivity contribution in [2.45, 2.75) is 12.8 Å².